The van der Waals surface area contributed by atoms with E-state index in [4.69, 9.17) is 9.84 Å². The topological polar surface area (TPSA) is 105 Å². The lowest BCUT2D eigenvalue weighted by Crippen LogP contribution is -2.38. The zero-order valence-electron chi connectivity index (χ0n) is 20.1. The second kappa shape index (κ2) is 11.2. The minimum atomic E-state index is -0.891. The molecule has 34 heavy (non-hydrogen) atoms. The Bertz CT molecular complexity index is 988. The molecule has 0 aliphatic heterocycles. The van der Waals surface area contributed by atoms with Crippen LogP contribution in [0.3, 0.4) is 0 Å². The summed E-state index contributed by atoms with van der Waals surface area (Å²) in [5, 5.41) is 14.6. The molecule has 2 amide bonds. The number of ether oxygens (including phenoxy) is 1. The number of carbonyl (C=O) groups is 3. The van der Waals surface area contributed by atoms with E-state index in [0.29, 0.717) is 12.8 Å². The van der Waals surface area contributed by atoms with Gasteiger partial charge < -0.3 is 20.5 Å². The van der Waals surface area contributed by atoms with Crippen LogP contribution < -0.4 is 10.6 Å². The standard InChI is InChI=1S/C27H34N2O5/c1-4-18(13-14-24(30)28-17-27(2,3)15-25(31)32)29-26(33)34-16-23-21-11-7-5-9-19(21)20-10-6-8-12-22(20)23/h5-12,18,23H,4,13-17H2,1-3H3,(H,28,30)(H,29,33)(H,31,32). The van der Waals surface area contributed by atoms with Crippen molar-refractivity contribution in [1.82, 2.24) is 10.6 Å². The van der Waals surface area contributed by atoms with Gasteiger partial charge in [-0.15, -0.1) is 0 Å². The Kier molecular flexibility index (Phi) is 8.31. The Labute approximate surface area is 200 Å². The van der Waals surface area contributed by atoms with Gasteiger partial charge in [-0.2, -0.15) is 0 Å². The van der Waals surface area contributed by atoms with Crippen molar-refractivity contribution in [3.05, 3.63) is 59.7 Å². The van der Waals surface area contributed by atoms with Gasteiger partial charge in [0.05, 0.1) is 6.42 Å². The number of hydrogen-bond donors (Lipinski definition) is 3. The number of aliphatic carboxylic acids is 1. The molecule has 2 aromatic rings. The Morgan fingerprint density at radius 1 is 1.03 bits per heavy atom. The van der Waals surface area contributed by atoms with E-state index in [9.17, 15) is 14.4 Å². The van der Waals surface area contributed by atoms with E-state index in [-0.39, 0.29) is 43.9 Å². The van der Waals surface area contributed by atoms with Gasteiger partial charge in [-0.25, -0.2) is 4.79 Å². The number of amides is 2. The molecule has 0 saturated carbocycles. The maximum atomic E-state index is 12.5. The first-order chi connectivity index (χ1) is 16.2. The summed E-state index contributed by atoms with van der Waals surface area (Å²) in [6.45, 7) is 6.08. The lowest BCUT2D eigenvalue weighted by atomic mass is 9.89. The molecule has 1 atom stereocenters. The van der Waals surface area contributed by atoms with Gasteiger partial charge in [0.15, 0.2) is 0 Å². The number of nitrogens with one attached hydrogen (secondary N) is 2. The minimum Gasteiger partial charge on any atom is -0.481 e. The van der Waals surface area contributed by atoms with Crippen LogP contribution in [0.25, 0.3) is 11.1 Å². The summed E-state index contributed by atoms with van der Waals surface area (Å²) in [5.41, 5.74) is 4.15. The molecule has 0 saturated heterocycles. The monoisotopic (exact) mass is 466 g/mol. The van der Waals surface area contributed by atoms with Gasteiger partial charge in [-0.05, 0) is 40.5 Å². The van der Waals surface area contributed by atoms with Crippen molar-refractivity contribution in [2.45, 2.75) is 58.4 Å². The van der Waals surface area contributed by atoms with Gasteiger partial charge in [0.25, 0.3) is 0 Å². The summed E-state index contributed by atoms with van der Waals surface area (Å²) in [4.78, 5) is 35.6. The van der Waals surface area contributed by atoms with E-state index >= 15 is 0 Å². The van der Waals surface area contributed by atoms with Crippen LogP contribution in [-0.2, 0) is 14.3 Å². The first-order valence-electron chi connectivity index (χ1n) is 11.8. The zero-order valence-corrected chi connectivity index (χ0v) is 20.1. The third-order valence-corrected chi connectivity index (χ3v) is 6.27. The average Bonchev–Trinajstić information content (AvgIpc) is 3.12. The lowest BCUT2D eigenvalue weighted by molar-refractivity contribution is -0.139. The van der Waals surface area contributed by atoms with Gasteiger partial charge in [0.2, 0.25) is 5.91 Å². The summed E-state index contributed by atoms with van der Waals surface area (Å²) in [7, 11) is 0. The molecule has 0 bridgehead atoms. The highest BCUT2D eigenvalue weighted by atomic mass is 16.5. The molecule has 2 aromatic carbocycles. The van der Waals surface area contributed by atoms with E-state index in [0.717, 1.165) is 11.1 Å². The highest BCUT2D eigenvalue weighted by molar-refractivity contribution is 5.79. The molecular formula is C27H34N2O5. The molecular weight excluding hydrogens is 432 g/mol. The number of carboxylic acids is 1. The first-order valence-corrected chi connectivity index (χ1v) is 11.8. The van der Waals surface area contributed by atoms with Crippen LogP contribution in [0.15, 0.2) is 48.5 Å². The normalized spacial score (nSPS) is 13.5. The molecule has 7 nitrogen and oxygen atoms in total. The van der Waals surface area contributed by atoms with Gasteiger partial charge in [-0.1, -0.05) is 69.3 Å². The van der Waals surface area contributed by atoms with E-state index in [2.05, 4.69) is 34.9 Å². The van der Waals surface area contributed by atoms with Crippen molar-refractivity contribution in [3.8, 4) is 11.1 Å². The Morgan fingerprint density at radius 3 is 2.18 bits per heavy atom. The molecule has 0 spiro atoms. The largest absolute Gasteiger partial charge is 0.481 e. The quantitative estimate of drug-likeness (QED) is 0.445. The maximum absolute atomic E-state index is 12.5. The molecule has 3 N–H and O–H groups in total. The molecule has 0 fully saturated rings. The molecule has 0 radical (unpaired) electrons. The van der Waals surface area contributed by atoms with Crippen LogP contribution in [0.2, 0.25) is 0 Å². The highest BCUT2D eigenvalue weighted by Crippen LogP contribution is 2.44. The Hall–Kier alpha value is -3.35. The zero-order chi connectivity index (χ0) is 24.7. The van der Waals surface area contributed by atoms with Crippen LogP contribution in [0.4, 0.5) is 4.79 Å². The first kappa shape index (κ1) is 25.3. The van der Waals surface area contributed by atoms with Crippen molar-refractivity contribution >= 4 is 18.0 Å². The van der Waals surface area contributed by atoms with E-state index in [1.807, 2.05) is 31.2 Å². The van der Waals surface area contributed by atoms with Gasteiger partial charge in [-0.3, -0.25) is 9.59 Å². The smallest absolute Gasteiger partial charge is 0.407 e. The summed E-state index contributed by atoms with van der Waals surface area (Å²) in [5.74, 6) is -1.05. The molecule has 1 aliphatic rings. The second-order valence-electron chi connectivity index (χ2n) is 9.63. The fourth-order valence-electron chi connectivity index (χ4n) is 4.39. The van der Waals surface area contributed by atoms with Crippen molar-refractivity contribution in [2.75, 3.05) is 13.2 Å². The lowest BCUT2D eigenvalue weighted by Gasteiger charge is -2.23. The number of benzene rings is 2. The van der Waals surface area contributed by atoms with Crippen LogP contribution in [0, 0.1) is 5.41 Å². The predicted octanol–water partition coefficient (Wildman–Crippen LogP) is 4.70. The SMILES string of the molecule is CCC(CCC(=O)NCC(C)(C)CC(=O)O)NC(=O)OCC1c2ccccc2-c2ccccc21. The maximum Gasteiger partial charge on any atom is 0.407 e. The van der Waals surface area contributed by atoms with Crippen LogP contribution in [0.5, 0.6) is 0 Å². The second-order valence-corrected chi connectivity index (χ2v) is 9.63. The number of carbonyl (C=O) groups excluding carboxylic acids is 2. The molecule has 182 valence electrons. The molecule has 0 heterocycles. The summed E-state index contributed by atoms with van der Waals surface area (Å²) in [6, 6.07) is 16.2. The Balaban J connectivity index is 1.47. The van der Waals surface area contributed by atoms with Crippen molar-refractivity contribution in [2.24, 2.45) is 5.41 Å². The van der Waals surface area contributed by atoms with E-state index in [1.165, 1.54) is 11.1 Å². The fourth-order valence-corrected chi connectivity index (χ4v) is 4.39. The fraction of sp³-hybridized carbons (Fsp3) is 0.444. The Morgan fingerprint density at radius 2 is 1.62 bits per heavy atom. The molecule has 7 heteroatoms. The summed E-state index contributed by atoms with van der Waals surface area (Å²) in [6.07, 6.45) is 0.879. The molecule has 3 rings (SSSR count). The number of rotatable bonds is 11. The van der Waals surface area contributed by atoms with E-state index in [1.54, 1.807) is 13.8 Å². The number of fused-ring (bicyclic) bond motifs is 3. The van der Waals surface area contributed by atoms with Crippen molar-refractivity contribution < 1.29 is 24.2 Å². The average molecular weight is 467 g/mol. The van der Waals surface area contributed by atoms with Crippen molar-refractivity contribution in [1.29, 1.82) is 0 Å². The van der Waals surface area contributed by atoms with Gasteiger partial charge in [0, 0.05) is 24.9 Å². The van der Waals surface area contributed by atoms with Gasteiger partial charge in [0.1, 0.15) is 6.61 Å². The minimum absolute atomic E-state index is 0.00170. The van der Waals surface area contributed by atoms with Crippen LogP contribution in [-0.4, -0.2) is 42.3 Å². The summed E-state index contributed by atoms with van der Waals surface area (Å²) < 4.78 is 5.60. The number of hydrogen-bond acceptors (Lipinski definition) is 4. The van der Waals surface area contributed by atoms with Crippen molar-refractivity contribution in [3.63, 3.8) is 0 Å². The predicted molar refractivity (Wildman–Crippen MR) is 131 cm³/mol. The third kappa shape index (κ3) is 6.59. The van der Waals surface area contributed by atoms with E-state index < -0.39 is 17.5 Å². The third-order valence-electron chi connectivity index (χ3n) is 6.27. The molecule has 1 unspecified atom stereocenters. The van der Waals surface area contributed by atoms with Crippen LogP contribution >= 0.6 is 0 Å². The number of carboxylic acid groups (broad SMARTS) is 1. The van der Waals surface area contributed by atoms with Gasteiger partial charge >= 0.3 is 12.1 Å². The highest BCUT2D eigenvalue weighted by Gasteiger charge is 2.29. The molecule has 0 aromatic heterocycles. The van der Waals surface area contributed by atoms with Crippen LogP contribution in [0.1, 0.15) is 63.5 Å². The number of alkyl carbamates (subject to hydrolysis) is 1. The molecule has 1 aliphatic carbocycles. The summed E-state index contributed by atoms with van der Waals surface area (Å²) >= 11 is 0.